The van der Waals surface area contributed by atoms with Crippen LogP contribution < -0.4 is 0 Å². The van der Waals surface area contributed by atoms with Gasteiger partial charge < -0.3 is 0 Å². The van der Waals surface area contributed by atoms with E-state index < -0.39 is 0 Å². The molecule has 0 N–H and O–H groups in total. The number of Topliss-reactive ketones (excluding diaryl/α,β-unsaturated/α-hetero) is 1. The molecule has 1 unspecified atom stereocenters. The lowest BCUT2D eigenvalue weighted by molar-refractivity contribution is -0.118. The molecule has 0 rings (SSSR count). The van der Waals surface area contributed by atoms with Crippen LogP contribution in [0.3, 0.4) is 0 Å². The first-order valence-electron chi connectivity index (χ1n) is 3.20. The van der Waals surface area contributed by atoms with Crippen LogP contribution in [0, 0.1) is 0 Å². The third kappa shape index (κ3) is 3.18. The van der Waals surface area contributed by atoms with E-state index in [4.69, 9.17) is 0 Å². The fraction of sp³-hybridized carbons (Fsp3) is 0.857. The van der Waals surface area contributed by atoms with Crippen LogP contribution >= 0.6 is 22.6 Å². The van der Waals surface area contributed by atoms with Crippen molar-refractivity contribution in [2.24, 2.45) is 0 Å². The molecule has 0 saturated carbocycles. The average Bonchev–Trinajstić information content (AvgIpc) is 1.65. The van der Waals surface area contributed by atoms with Crippen LogP contribution in [0.25, 0.3) is 0 Å². The number of hydrogen-bond donors (Lipinski definition) is 0. The lowest BCUT2D eigenvalue weighted by Crippen LogP contribution is -2.24. The van der Waals surface area contributed by atoms with Gasteiger partial charge >= 0.3 is 0 Å². The van der Waals surface area contributed by atoms with E-state index in [2.05, 4.69) is 29.5 Å². The maximum absolute atomic E-state index is 10.8. The molecule has 0 radical (unpaired) electrons. The van der Waals surface area contributed by atoms with E-state index in [-0.39, 0.29) is 9.20 Å². The minimum absolute atomic E-state index is 0.119. The van der Waals surface area contributed by atoms with Crippen molar-refractivity contribution in [2.75, 3.05) is 0 Å². The van der Waals surface area contributed by atoms with Gasteiger partial charge in [0, 0.05) is 0 Å². The standard InChI is InChI=1S/C7H13IO/c1-4-5-7(3,8)6(2)9/h4-5H2,1-3H3. The van der Waals surface area contributed by atoms with Gasteiger partial charge in [-0.1, -0.05) is 35.9 Å². The number of rotatable bonds is 3. The molecule has 0 aliphatic carbocycles. The lowest BCUT2D eigenvalue weighted by atomic mass is 10.0. The summed E-state index contributed by atoms with van der Waals surface area (Å²) >= 11 is 2.22. The van der Waals surface area contributed by atoms with Gasteiger partial charge in [-0.2, -0.15) is 0 Å². The highest BCUT2D eigenvalue weighted by Gasteiger charge is 2.23. The van der Waals surface area contributed by atoms with Gasteiger partial charge in [0.15, 0.2) is 0 Å². The van der Waals surface area contributed by atoms with Gasteiger partial charge in [-0.05, 0) is 20.3 Å². The average molecular weight is 240 g/mol. The molecule has 0 saturated heterocycles. The zero-order valence-corrected chi connectivity index (χ0v) is 8.36. The summed E-state index contributed by atoms with van der Waals surface area (Å²) < 4.78 is -0.119. The van der Waals surface area contributed by atoms with Crippen LogP contribution in [0.5, 0.6) is 0 Å². The highest BCUT2D eigenvalue weighted by molar-refractivity contribution is 14.1. The first-order valence-corrected chi connectivity index (χ1v) is 4.28. The summed E-state index contributed by atoms with van der Waals surface area (Å²) in [6, 6.07) is 0. The van der Waals surface area contributed by atoms with E-state index in [9.17, 15) is 4.79 Å². The molecule has 2 heteroatoms. The molecule has 1 atom stereocenters. The molecule has 0 aromatic rings. The van der Waals surface area contributed by atoms with Crippen molar-refractivity contribution in [3.05, 3.63) is 0 Å². The molecule has 0 aromatic carbocycles. The highest BCUT2D eigenvalue weighted by atomic mass is 127. The molecule has 0 amide bonds. The fourth-order valence-corrected chi connectivity index (χ4v) is 1.18. The number of carbonyl (C=O) groups excluding carboxylic acids is 1. The number of hydrogen-bond acceptors (Lipinski definition) is 1. The predicted octanol–water partition coefficient (Wildman–Crippen LogP) is 2.57. The second kappa shape index (κ2) is 3.54. The van der Waals surface area contributed by atoms with Crippen molar-refractivity contribution in [3.8, 4) is 0 Å². The smallest absolute Gasteiger partial charge is 0.145 e. The maximum atomic E-state index is 10.8. The second-order valence-electron chi connectivity index (χ2n) is 2.50. The van der Waals surface area contributed by atoms with Gasteiger partial charge in [0.1, 0.15) is 5.78 Å². The zero-order valence-electron chi connectivity index (χ0n) is 6.20. The van der Waals surface area contributed by atoms with E-state index in [1.807, 2.05) is 6.92 Å². The molecule has 1 nitrogen and oxygen atoms in total. The minimum Gasteiger partial charge on any atom is -0.299 e. The number of alkyl halides is 1. The Bertz CT molecular complexity index is 107. The van der Waals surface area contributed by atoms with E-state index in [1.54, 1.807) is 6.92 Å². The molecule has 54 valence electrons. The summed E-state index contributed by atoms with van der Waals surface area (Å²) in [5.41, 5.74) is 0. The molecule has 0 aliphatic heterocycles. The summed E-state index contributed by atoms with van der Waals surface area (Å²) in [4.78, 5) is 10.8. The zero-order chi connectivity index (χ0) is 7.49. The Labute approximate surface area is 70.4 Å². The molecule has 9 heavy (non-hydrogen) atoms. The van der Waals surface area contributed by atoms with Crippen molar-refractivity contribution < 1.29 is 4.79 Å². The van der Waals surface area contributed by atoms with Crippen LogP contribution in [-0.4, -0.2) is 9.20 Å². The van der Waals surface area contributed by atoms with Crippen molar-refractivity contribution >= 4 is 28.4 Å². The fourth-order valence-electron chi connectivity index (χ4n) is 0.646. The highest BCUT2D eigenvalue weighted by Crippen LogP contribution is 2.24. The molecular weight excluding hydrogens is 227 g/mol. The topological polar surface area (TPSA) is 17.1 Å². The molecule has 0 fully saturated rings. The second-order valence-corrected chi connectivity index (χ2v) is 4.88. The summed E-state index contributed by atoms with van der Waals surface area (Å²) in [5.74, 6) is 0.282. The number of carbonyl (C=O) groups is 1. The molecule has 0 heterocycles. The van der Waals surface area contributed by atoms with Gasteiger partial charge in [-0.15, -0.1) is 0 Å². The van der Waals surface area contributed by atoms with Gasteiger partial charge in [0.05, 0.1) is 3.42 Å². The van der Waals surface area contributed by atoms with Crippen LogP contribution in [0.4, 0.5) is 0 Å². The summed E-state index contributed by atoms with van der Waals surface area (Å²) in [6.07, 6.45) is 2.07. The van der Waals surface area contributed by atoms with E-state index in [0.29, 0.717) is 0 Å². The maximum Gasteiger partial charge on any atom is 0.145 e. The van der Waals surface area contributed by atoms with E-state index in [0.717, 1.165) is 12.8 Å². The Balaban J connectivity index is 3.85. The largest absolute Gasteiger partial charge is 0.299 e. The Morgan fingerprint density at radius 1 is 1.67 bits per heavy atom. The Morgan fingerprint density at radius 2 is 2.11 bits per heavy atom. The molecule has 0 aliphatic rings. The third-order valence-corrected chi connectivity index (χ3v) is 2.75. The third-order valence-electron chi connectivity index (χ3n) is 1.45. The molecular formula is C7H13IO. The first-order chi connectivity index (χ1) is 4.00. The molecule has 0 aromatic heterocycles. The summed E-state index contributed by atoms with van der Waals surface area (Å²) in [7, 11) is 0. The first kappa shape index (κ1) is 9.40. The normalized spacial score (nSPS) is 16.9. The SMILES string of the molecule is CCCC(C)(I)C(C)=O. The van der Waals surface area contributed by atoms with Crippen molar-refractivity contribution in [2.45, 2.75) is 37.0 Å². The minimum atomic E-state index is -0.119. The van der Waals surface area contributed by atoms with Crippen LogP contribution in [0.2, 0.25) is 0 Å². The van der Waals surface area contributed by atoms with Crippen molar-refractivity contribution in [1.82, 2.24) is 0 Å². The van der Waals surface area contributed by atoms with Crippen LogP contribution in [-0.2, 0) is 4.79 Å². The van der Waals surface area contributed by atoms with Crippen LogP contribution in [0.1, 0.15) is 33.6 Å². The van der Waals surface area contributed by atoms with E-state index in [1.165, 1.54) is 0 Å². The Hall–Kier alpha value is 0.400. The van der Waals surface area contributed by atoms with Crippen molar-refractivity contribution in [3.63, 3.8) is 0 Å². The van der Waals surface area contributed by atoms with Gasteiger partial charge in [0.2, 0.25) is 0 Å². The summed E-state index contributed by atoms with van der Waals surface area (Å²) in [6.45, 7) is 5.74. The quantitative estimate of drug-likeness (QED) is 0.547. The van der Waals surface area contributed by atoms with Crippen molar-refractivity contribution in [1.29, 1.82) is 0 Å². The van der Waals surface area contributed by atoms with Gasteiger partial charge in [-0.25, -0.2) is 0 Å². The predicted molar refractivity (Wildman–Crippen MR) is 48.0 cm³/mol. The number of halogens is 1. The van der Waals surface area contributed by atoms with Gasteiger partial charge in [0.25, 0.3) is 0 Å². The molecule has 0 spiro atoms. The van der Waals surface area contributed by atoms with Crippen LogP contribution in [0.15, 0.2) is 0 Å². The Morgan fingerprint density at radius 3 is 2.22 bits per heavy atom. The van der Waals surface area contributed by atoms with Gasteiger partial charge in [-0.3, -0.25) is 4.79 Å². The molecule has 0 bridgehead atoms. The summed E-state index contributed by atoms with van der Waals surface area (Å²) in [5, 5.41) is 0. The monoisotopic (exact) mass is 240 g/mol. The number of ketones is 1. The Kier molecular flexibility index (Phi) is 3.70. The van der Waals surface area contributed by atoms with E-state index >= 15 is 0 Å². The lowest BCUT2D eigenvalue weighted by Gasteiger charge is -2.16.